The number of carbonyl (C=O) groups is 1. The molecule has 1 aliphatic rings. The van der Waals surface area contributed by atoms with Crippen LogP contribution in [0.2, 0.25) is 0 Å². The SMILES string of the molecule is O=C([O-])[C@@H]1CCCC=N1. The van der Waals surface area contributed by atoms with Crippen molar-refractivity contribution in [1.29, 1.82) is 0 Å². The molecule has 9 heavy (non-hydrogen) atoms. The normalized spacial score (nSPS) is 26.0. The number of aliphatic carboxylic acids is 1. The molecule has 50 valence electrons. The van der Waals surface area contributed by atoms with E-state index >= 15 is 0 Å². The summed E-state index contributed by atoms with van der Waals surface area (Å²) in [6.45, 7) is 0. The van der Waals surface area contributed by atoms with Crippen LogP contribution in [0.4, 0.5) is 0 Å². The first-order valence-electron chi connectivity index (χ1n) is 3.03. The van der Waals surface area contributed by atoms with E-state index in [4.69, 9.17) is 0 Å². The van der Waals surface area contributed by atoms with Crippen molar-refractivity contribution >= 4 is 12.2 Å². The number of rotatable bonds is 1. The second-order valence-corrected chi connectivity index (χ2v) is 2.10. The zero-order valence-corrected chi connectivity index (χ0v) is 5.04. The Kier molecular flexibility index (Phi) is 1.82. The summed E-state index contributed by atoms with van der Waals surface area (Å²) in [6, 6.07) is -0.571. The van der Waals surface area contributed by atoms with E-state index in [0.717, 1.165) is 12.8 Å². The number of hydrogen-bond acceptors (Lipinski definition) is 3. The minimum atomic E-state index is -1.05. The monoisotopic (exact) mass is 126 g/mol. The molecule has 1 atom stereocenters. The fourth-order valence-corrected chi connectivity index (χ4v) is 0.858. The molecule has 0 fully saturated rings. The summed E-state index contributed by atoms with van der Waals surface area (Å²) < 4.78 is 0. The summed E-state index contributed by atoms with van der Waals surface area (Å²) in [7, 11) is 0. The fraction of sp³-hybridized carbons (Fsp3) is 0.667. The van der Waals surface area contributed by atoms with Gasteiger partial charge in [-0.15, -0.1) is 0 Å². The second kappa shape index (κ2) is 2.62. The van der Waals surface area contributed by atoms with E-state index < -0.39 is 12.0 Å². The highest BCUT2D eigenvalue weighted by Crippen LogP contribution is 2.07. The Balaban J connectivity index is 2.50. The largest absolute Gasteiger partial charge is 0.548 e. The Hall–Kier alpha value is -0.860. The average Bonchev–Trinajstić information content (AvgIpc) is 1.90. The van der Waals surface area contributed by atoms with Crippen molar-refractivity contribution in [2.75, 3.05) is 0 Å². The van der Waals surface area contributed by atoms with E-state index in [-0.39, 0.29) is 0 Å². The maximum Gasteiger partial charge on any atom is 0.0889 e. The fourth-order valence-electron chi connectivity index (χ4n) is 0.858. The molecule has 1 aliphatic heterocycles. The number of carboxylic acids is 1. The van der Waals surface area contributed by atoms with E-state index in [1.54, 1.807) is 6.21 Å². The van der Waals surface area contributed by atoms with Gasteiger partial charge >= 0.3 is 0 Å². The Bertz CT molecular complexity index is 142. The van der Waals surface area contributed by atoms with Crippen LogP contribution in [0.15, 0.2) is 4.99 Å². The van der Waals surface area contributed by atoms with Gasteiger partial charge < -0.3 is 9.90 Å². The number of nitrogens with zero attached hydrogens (tertiary/aromatic N) is 1. The third kappa shape index (κ3) is 1.52. The zero-order chi connectivity index (χ0) is 6.69. The minimum Gasteiger partial charge on any atom is -0.548 e. The second-order valence-electron chi connectivity index (χ2n) is 2.10. The molecule has 0 aliphatic carbocycles. The Morgan fingerprint density at radius 3 is 2.89 bits per heavy atom. The molecular formula is C6H8NO2-. The summed E-state index contributed by atoms with van der Waals surface area (Å²) >= 11 is 0. The van der Waals surface area contributed by atoms with Crippen LogP contribution < -0.4 is 5.11 Å². The van der Waals surface area contributed by atoms with E-state index in [1.807, 2.05) is 0 Å². The lowest BCUT2D eigenvalue weighted by molar-refractivity contribution is -0.307. The molecule has 0 saturated heterocycles. The average molecular weight is 126 g/mol. The van der Waals surface area contributed by atoms with Crippen LogP contribution in [0.5, 0.6) is 0 Å². The number of carboxylic acid groups (broad SMARTS) is 1. The summed E-state index contributed by atoms with van der Waals surface area (Å²) in [4.78, 5) is 13.9. The van der Waals surface area contributed by atoms with Crippen LogP contribution in [0.3, 0.4) is 0 Å². The Morgan fingerprint density at radius 1 is 1.78 bits per heavy atom. The van der Waals surface area contributed by atoms with Crippen molar-refractivity contribution in [2.45, 2.75) is 25.3 Å². The first-order chi connectivity index (χ1) is 4.30. The van der Waals surface area contributed by atoms with Crippen LogP contribution in [-0.4, -0.2) is 18.2 Å². The number of carbonyl (C=O) groups excluding carboxylic acids is 1. The van der Waals surface area contributed by atoms with Crippen molar-refractivity contribution in [3.05, 3.63) is 0 Å². The summed E-state index contributed by atoms with van der Waals surface area (Å²) in [5, 5.41) is 10.1. The van der Waals surface area contributed by atoms with Gasteiger partial charge in [0.15, 0.2) is 0 Å². The topological polar surface area (TPSA) is 52.5 Å². The van der Waals surface area contributed by atoms with Crippen LogP contribution >= 0.6 is 0 Å². The lowest BCUT2D eigenvalue weighted by atomic mass is 10.1. The van der Waals surface area contributed by atoms with Crippen LogP contribution in [-0.2, 0) is 4.79 Å². The lowest BCUT2D eigenvalue weighted by Gasteiger charge is -2.15. The molecule has 0 amide bonds. The molecule has 0 radical (unpaired) electrons. The molecule has 3 heteroatoms. The minimum absolute atomic E-state index is 0.571. The molecule has 0 saturated carbocycles. The molecular weight excluding hydrogens is 118 g/mol. The summed E-state index contributed by atoms with van der Waals surface area (Å²) in [5.41, 5.74) is 0. The molecule has 3 nitrogen and oxygen atoms in total. The molecule has 0 unspecified atom stereocenters. The molecule has 0 aromatic heterocycles. The van der Waals surface area contributed by atoms with Gasteiger partial charge in [-0.25, -0.2) is 0 Å². The highest BCUT2D eigenvalue weighted by Gasteiger charge is 2.08. The maximum atomic E-state index is 10.1. The summed E-state index contributed by atoms with van der Waals surface area (Å²) in [6.07, 6.45) is 4.12. The molecule has 0 aromatic carbocycles. The van der Waals surface area contributed by atoms with Crippen molar-refractivity contribution in [1.82, 2.24) is 0 Å². The molecule has 0 spiro atoms. The zero-order valence-electron chi connectivity index (χ0n) is 5.04. The van der Waals surface area contributed by atoms with E-state index in [2.05, 4.69) is 4.99 Å². The smallest absolute Gasteiger partial charge is 0.0889 e. The summed E-state index contributed by atoms with van der Waals surface area (Å²) in [5.74, 6) is -1.05. The highest BCUT2D eigenvalue weighted by atomic mass is 16.4. The third-order valence-corrected chi connectivity index (χ3v) is 1.37. The predicted octanol–water partition coefficient (Wildman–Crippen LogP) is -0.640. The van der Waals surface area contributed by atoms with Crippen LogP contribution in [0.1, 0.15) is 19.3 Å². The van der Waals surface area contributed by atoms with Gasteiger partial charge in [-0.1, -0.05) is 0 Å². The lowest BCUT2D eigenvalue weighted by Crippen LogP contribution is -2.35. The first-order valence-corrected chi connectivity index (χ1v) is 3.03. The van der Waals surface area contributed by atoms with Gasteiger partial charge in [0, 0.05) is 0 Å². The van der Waals surface area contributed by atoms with Crippen molar-refractivity contribution in [2.24, 2.45) is 4.99 Å². The predicted molar refractivity (Wildman–Crippen MR) is 31.1 cm³/mol. The molecule has 1 heterocycles. The molecule has 0 bridgehead atoms. The van der Waals surface area contributed by atoms with Gasteiger partial charge in [0.2, 0.25) is 0 Å². The van der Waals surface area contributed by atoms with Gasteiger partial charge in [0.25, 0.3) is 0 Å². The van der Waals surface area contributed by atoms with Gasteiger partial charge in [0.05, 0.1) is 12.0 Å². The molecule has 1 rings (SSSR count). The van der Waals surface area contributed by atoms with E-state index in [1.165, 1.54) is 0 Å². The highest BCUT2D eigenvalue weighted by molar-refractivity contribution is 5.75. The van der Waals surface area contributed by atoms with Crippen molar-refractivity contribution in [3.63, 3.8) is 0 Å². The first kappa shape index (κ1) is 6.26. The number of hydrogen-bond donors (Lipinski definition) is 0. The van der Waals surface area contributed by atoms with Crippen molar-refractivity contribution < 1.29 is 9.90 Å². The van der Waals surface area contributed by atoms with Crippen LogP contribution in [0, 0.1) is 0 Å². The van der Waals surface area contributed by atoms with Gasteiger partial charge in [-0.3, -0.25) is 4.99 Å². The van der Waals surface area contributed by atoms with E-state index in [9.17, 15) is 9.90 Å². The molecule has 0 N–H and O–H groups in total. The van der Waals surface area contributed by atoms with E-state index in [0.29, 0.717) is 6.42 Å². The number of aliphatic imine (C=N–C) groups is 1. The van der Waals surface area contributed by atoms with Crippen LogP contribution in [0.25, 0.3) is 0 Å². The van der Waals surface area contributed by atoms with Gasteiger partial charge in [0.1, 0.15) is 0 Å². The maximum absolute atomic E-state index is 10.1. The quantitative estimate of drug-likeness (QED) is 0.469. The van der Waals surface area contributed by atoms with Crippen molar-refractivity contribution in [3.8, 4) is 0 Å². The molecule has 0 aromatic rings. The van der Waals surface area contributed by atoms with Gasteiger partial charge in [-0.05, 0) is 25.5 Å². The Labute approximate surface area is 53.4 Å². The standard InChI is InChI=1S/C6H9NO2/c8-6(9)5-3-1-2-4-7-5/h4-5H,1-3H2,(H,8,9)/p-1/t5-/m0/s1. The Morgan fingerprint density at radius 2 is 2.56 bits per heavy atom. The van der Waals surface area contributed by atoms with Gasteiger partial charge in [-0.2, -0.15) is 0 Å². The third-order valence-electron chi connectivity index (χ3n) is 1.37.